The fourth-order valence-electron chi connectivity index (χ4n) is 1.56. The molecule has 3 nitrogen and oxygen atoms in total. The predicted octanol–water partition coefficient (Wildman–Crippen LogP) is 2.49. The molecule has 0 amide bonds. The first-order chi connectivity index (χ1) is 7.74. The first-order valence-electron chi connectivity index (χ1n) is 5.94. The largest absolute Gasteiger partial charge is 0.377 e. The fraction of sp³-hybridized carbons (Fsp3) is 0.615. The minimum atomic E-state index is 0.478. The van der Waals surface area contributed by atoms with Gasteiger partial charge in [-0.05, 0) is 24.8 Å². The highest BCUT2D eigenvalue weighted by Crippen LogP contribution is 2.08. The number of nitrogens with two attached hydrogens (primary N) is 1. The number of pyridine rings is 1. The van der Waals surface area contributed by atoms with E-state index >= 15 is 0 Å². The maximum Gasteiger partial charge on any atom is 0.0735 e. The average molecular weight is 222 g/mol. The van der Waals surface area contributed by atoms with E-state index in [1.165, 1.54) is 6.42 Å². The Bertz CT molecular complexity index is 300. The Kier molecular flexibility index (Phi) is 6.04. The van der Waals surface area contributed by atoms with Gasteiger partial charge in [-0.3, -0.25) is 4.98 Å². The Balaban J connectivity index is 2.26. The van der Waals surface area contributed by atoms with Crippen LogP contribution in [0.15, 0.2) is 18.3 Å². The Labute approximate surface area is 98.0 Å². The summed E-state index contributed by atoms with van der Waals surface area (Å²) in [6, 6.07) is 3.95. The molecule has 0 aliphatic rings. The van der Waals surface area contributed by atoms with Gasteiger partial charge in [0.15, 0.2) is 0 Å². The third-order valence-corrected chi connectivity index (χ3v) is 2.51. The molecule has 0 bridgehead atoms. The number of hydrogen-bond acceptors (Lipinski definition) is 3. The molecule has 0 aromatic carbocycles. The zero-order valence-electron chi connectivity index (χ0n) is 10.3. The highest BCUT2D eigenvalue weighted by molar-refractivity contribution is 5.18. The maximum absolute atomic E-state index is 5.62. The zero-order chi connectivity index (χ0) is 11.8. The van der Waals surface area contributed by atoms with Crippen LogP contribution in [-0.2, 0) is 17.9 Å². The van der Waals surface area contributed by atoms with Gasteiger partial charge in [0, 0.05) is 24.9 Å². The van der Waals surface area contributed by atoms with E-state index in [1.54, 1.807) is 6.20 Å². The molecule has 0 unspecified atom stereocenters. The lowest BCUT2D eigenvalue weighted by Gasteiger charge is -2.08. The van der Waals surface area contributed by atoms with E-state index in [-0.39, 0.29) is 0 Å². The van der Waals surface area contributed by atoms with Crippen LogP contribution in [0.1, 0.15) is 37.9 Å². The first-order valence-corrected chi connectivity index (χ1v) is 5.94. The third-order valence-electron chi connectivity index (χ3n) is 2.51. The van der Waals surface area contributed by atoms with Crippen molar-refractivity contribution in [2.24, 2.45) is 11.7 Å². The second-order valence-electron chi connectivity index (χ2n) is 4.40. The smallest absolute Gasteiger partial charge is 0.0735 e. The van der Waals surface area contributed by atoms with Crippen LogP contribution in [-0.4, -0.2) is 11.6 Å². The van der Waals surface area contributed by atoms with E-state index in [2.05, 4.69) is 18.8 Å². The van der Waals surface area contributed by atoms with E-state index in [0.29, 0.717) is 13.2 Å². The summed E-state index contributed by atoms with van der Waals surface area (Å²) in [5.74, 6) is 0.751. The van der Waals surface area contributed by atoms with Crippen molar-refractivity contribution in [3.8, 4) is 0 Å². The molecule has 0 radical (unpaired) electrons. The third kappa shape index (κ3) is 4.73. The lowest BCUT2D eigenvalue weighted by molar-refractivity contribution is 0.114. The van der Waals surface area contributed by atoms with Gasteiger partial charge >= 0.3 is 0 Å². The zero-order valence-corrected chi connectivity index (χ0v) is 10.3. The van der Waals surface area contributed by atoms with Gasteiger partial charge in [-0.15, -0.1) is 0 Å². The predicted molar refractivity (Wildman–Crippen MR) is 65.9 cm³/mol. The standard InChI is InChI=1S/C13H22N2O/c1-11(2)5-4-8-16-10-12-6-3-7-15-13(12)9-14/h3,6-7,11H,4-5,8-10,14H2,1-2H3. The monoisotopic (exact) mass is 222 g/mol. The molecule has 1 aromatic rings. The summed E-state index contributed by atoms with van der Waals surface area (Å²) in [4.78, 5) is 4.22. The van der Waals surface area contributed by atoms with Gasteiger partial charge in [-0.2, -0.15) is 0 Å². The molecule has 3 heteroatoms. The second-order valence-corrected chi connectivity index (χ2v) is 4.40. The van der Waals surface area contributed by atoms with Gasteiger partial charge in [0.25, 0.3) is 0 Å². The minimum absolute atomic E-state index is 0.478. The minimum Gasteiger partial charge on any atom is -0.377 e. The molecule has 0 aliphatic heterocycles. The Morgan fingerprint density at radius 2 is 2.25 bits per heavy atom. The van der Waals surface area contributed by atoms with E-state index in [1.807, 2.05) is 12.1 Å². The van der Waals surface area contributed by atoms with Crippen molar-refractivity contribution >= 4 is 0 Å². The molecular formula is C13H22N2O. The van der Waals surface area contributed by atoms with Gasteiger partial charge in [0.05, 0.1) is 12.3 Å². The molecule has 0 aliphatic carbocycles. The summed E-state index contributed by atoms with van der Waals surface area (Å²) in [5.41, 5.74) is 7.65. The van der Waals surface area contributed by atoms with Crippen LogP contribution in [0.2, 0.25) is 0 Å². The highest BCUT2D eigenvalue weighted by Gasteiger charge is 2.01. The maximum atomic E-state index is 5.62. The number of nitrogens with zero attached hydrogens (tertiary/aromatic N) is 1. The van der Waals surface area contributed by atoms with Gasteiger partial charge in [-0.25, -0.2) is 0 Å². The van der Waals surface area contributed by atoms with Crippen LogP contribution in [0.3, 0.4) is 0 Å². The van der Waals surface area contributed by atoms with Gasteiger partial charge < -0.3 is 10.5 Å². The summed E-state index contributed by atoms with van der Waals surface area (Å²) >= 11 is 0. The van der Waals surface area contributed by atoms with Gasteiger partial charge in [0.1, 0.15) is 0 Å². The lowest BCUT2D eigenvalue weighted by Crippen LogP contribution is -2.06. The van der Waals surface area contributed by atoms with E-state index in [4.69, 9.17) is 10.5 Å². The quantitative estimate of drug-likeness (QED) is 0.721. The molecule has 0 fully saturated rings. The lowest BCUT2D eigenvalue weighted by atomic mass is 10.1. The van der Waals surface area contributed by atoms with Crippen molar-refractivity contribution < 1.29 is 4.74 Å². The molecule has 1 rings (SSSR count). The van der Waals surface area contributed by atoms with E-state index < -0.39 is 0 Å². The topological polar surface area (TPSA) is 48.1 Å². The Hall–Kier alpha value is -0.930. The van der Waals surface area contributed by atoms with Crippen molar-refractivity contribution in [2.45, 2.75) is 39.8 Å². The molecule has 1 aromatic heterocycles. The summed E-state index contributed by atoms with van der Waals surface area (Å²) in [7, 11) is 0. The van der Waals surface area contributed by atoms with Crippen LogP contribution < -0.4 is 5.73 Å². The van der Waals surface area contributed by atoms with Crippen LogP contribution in [0, 0.1) is 5.92 Å². The van der Waals surface area contributed by atoms with Crippen LogP contribution in [0.4, 0.5) is 0 Å². The number of hydrogen-bond donors (Lipinski definition) is 1. The second kappa shape index (κ2) is 7.36. The van der Waals surface area contributed by atoms with E-state index in [0.717, 1.165) is 30.2 Å². The Morgan fingerprint density at radius 3 is 2.94 bits per heavy atom. The van der Waals surface area contributed by atoms with Crippen molar-refractivity contribution in [2.75, 3.05) is 6.61 Å². The number of aromatic nitrogens is 1. The number of ether oxygens (including phenoxy) is 1. The van der Waals surface area contributed by atoms with Gasteiger partial charge in [0.2, 0.25) is 0 Å². The highest BCUT2D eigenvalue weighted by atomic mass is 16.5. The molecule has 0 saturated heterocycles. The van der Waals surface area contributed by atoms with Crippen LogP contribution >= 0.6 is 0 Å². The summed E-state index contributed by atoms with van der Waals surface area (Å²) in [6.45, 7) is 6.38. The fourth-order valence-corrected chi connectivity index (χ4v) is 1.56. The molecule has 0 spiro atoms. The normalized spacial score (nSPS) is 11.0. The number of rotatable bonds is 7. The molecule has 16 heavy (non-hydrogen) atoms. The van der Waals surface area contributed by atoms with Crippen molar-refractivity contribution in [1.29, 1.82) is 0 Å². The SMILES string of the molecule is CC(C)CCCOCc1cccnc1CN. The van der Waals surface area contributed by atoms with Crippen molar-refractivity contribution in [3.63, 3.8) is 0 Å². The first kappa shape index (κ1) is 13.1. The summed E-state index contributed by atoms with van der Waals surface area (Å²) in [5, 5.41) is 0. The summed E-state index contributed by atoms with van der Waals surface area (Å²) < 4.78 is 5.62. The van der Waals surface area contributed by atoms with E-state index in [9.17, 15) is 0 Å². The van der Waals surface area contributed by atoms with Gasteiger partial charge in [-0.1, -0.05) is 19.9 Å². The molecule has 0 saturated carbocycles. The molecule has 2 N–H and O–H groups in total. The Morgan fingerprint density at radius 1 is 1.44 bits per heavy atom. The molecule has 1 heterocycles. The molecular weight excluding hydrogens is 200 g/mol. The molecule has 90 valence electrons. The van der Waals surface area contributed by atoms with Crippen LogP contribution in [0.25, 0.3) is 0 Å². The van der Waals surface area contributed by atoms with Crippen molar-refractivity contribution in [3.05, 3.63) is 29.6 Å². The van der Waals surface area contributed by atoms with Crippen LogP contribution in [0.5, 0.6) is 0 Å². The van der Waals surface area contributed by atoms with Crippen molar-refractivity contribution in [1.82, 2.24) is 4.98 Å². The average Bonchev–Trinajstić information content (AvgIpc) is 2.29. The summed E-state index contributed by atoms with van der Waals surface area (Å²) in [6.07, 6.45) is 4.11. The molecule has 0 atom stereocenters.